The van der Waals surface area contributed by atoms with Gasteiger partial charge in [-0.1, -0.05) is 0 Å². The third-order valence-electron chi connectivity index (χ3n) is 4.55. The number of carbonyl (C=O) groups excluding carboxylic acids is 1. The van der Waals surface area contributed by atoms with Gasteiger partial charge in [0.1, 0.15) is 11.6 Å². The van der Waals surface area contributed by atoms with Gasteiger partial charge in [-0.25, -0.2) is 9.18 Å². The number of hydrogen-bond donors (Lipinski definition) is 2. The van der Waals surface area contributed by atoms with Crippen molar-refractivity contribution in [1.82, 2.24) is 20.0 Å². The number of urea groups is 1. The number of alkyl halides is 3. The van der Waals surface area contributed by atoms with Crippen LogP contribution in [0.5, 0.6) is 11.6 Å². The molecule has 0 bridgehead atoms. The molecule has 0 aliphatic heterocycles. The van der Waals surface area contributed by atoms with E-state index in [1.54, 1.807) is 30.2 Å². The SMILES string of the molecule is Cn1cc(-c2cnnc(Oc3ccc(NC(=O)Nc4ccc(C(F)(F)F)cc4)c(F)c3)c2)cn1. The molecule has 0 saturated carbocycles. The number of aryl methyl sites for hydroxylation is 1. The lowest BCUT2D eigenvalue weighted by molar-refractivity contribution is -0.137. The average molecular weight is 472 g/mol. The number of carbonyl (C=O) groups is 1. The summed E-state index contributed by atoms with van der Waals surface area (Å²) in [7, 11) is 1.78. The number of anilines is 2. The minimum absolute atomic E-state index is 0.109. The molecule has 0 aliphatic carbocycles. The molecule has 8 nitrogen and oxygen atoms in total. The molecule has 0 fully saturated rings. The number of hydrogen-bond acceptors (Lipinski definition) is 5. The molecule has 0 unspecified atom stereocenters. The highest BCUT2D eigenvalue weighted by molar-refractivity contribution is 5.99. The number of nitrogens with one attached hydrogen (secondary N) is 2. The summed E-state index contributed by atoms with van der Waals surface area (Å²) in [5, 5.41) is 16.4. The third-order valence-corrected chi connectivity index (χ3v) is 4.55. The van der Waals surface area contributed by atoms with Crippen LogP contribution in [0.15, 0.2) is 67.1 Å². The van der Waals surface area contributed by atoms with Crippen LogP contribution in [0, 0.1) is 5.82 Å². The predicted molar refractivity (Wildman–Crippen MR) is 115 cm³/mol. The highest BCUT2D eigenvalue weighted by Gasteiger charge is 2.30. The Balaban J connectivity index is 1.40. The van der Waals surface area contributed by atoms with Crippen LogP contribution >= 0.6 is 0 Å². The second-order valence-corrected chi connectivity index (χ2v) is 7.08. The Bertz CT molecular complexity index is 1320. The molecule has 2 aromatic heterocycles. The lowest BCUT2D eigenvalue weighted by atomic mass is 10.2. The first kappa shape index (κ1) is 22.7. The number of benzene rings is 2. The van der Waals surface area contributed by atoms with Gasteiger partial charge in [0.2, 0.25) is 5.88 Å². The second kappa shape index (κ2) is 9.17. The summed E-state index contributed by atoms with van der Waals surface area (Å²) >= 11 is 0. The molecular weight excluding hydrogens is 456 g/mol. The molecule has 2 aromatic carbocycles. The number of rotatable bonds is 5. The van der Waals surface area contributed by atoms with E-state index in [2.05, 4.69) is 25.9 Å². The Morgan fingerprint density at radius 2 is 1.76 bits per heavy atom. The van der Waals surface area contributed by atoms with Crippen LogP contribution in [0.3, 0.4) is 0 Å². The summed E-state index contributed by atoms with van der Waals surface area (Å²) in [6, 6.07) is 8.36. The Morgan fingerprint density at radius 3 is 2.41 bits per heavy atom. The summed E-state index contributed by atoms with van der Waals surface area (Å²) in [6.45, 7) is 0. The van der Waals surface area contributed by atoms with E-state index in [4.69, 9.17) is 4.74 Å². The summed E-state index contributed by atoms with van der Waals surface area (Å²) in [5.41, 5.74) is 0.601. The first-order chi connectivity index (χ1) is 16.2. The highest BCUT2D eigenvalue weighted by atomic mass is 19.4. The molecule has 2 amide bonds. The van der Waals surface area contributed by atoms with Crippen LogP contribution in [0.2, 0.25) is 0 Å². The van der Waals surface area contributed by atoms with E-state index in [9.17, 15) is 22.4 Å². The van der Waals surface area contributed by atoms with Crippen LogP contribution in [-0.4, -0.2) is 26.0 Å². The van der Waals surface area contributed by atoms with Gasteiger partial charge in [-0.05, 0) is 36.4 Å². The van der Waals surface area contributed by atoms with E-state index in [0.29, 0.717) is 5.56 Å². The Morgan fingerprint density at radius 1 is 1.00 bits per heavy atom. The minimum Gasteiger partial charge on any atom is -0.437 e. The van der Waals surface area contributed by atoms with Crippen LogP contribution in [0.25, 0.3) is 11.1 Å². The van der Waals surface area contributed by atoms with Crippen molar-refractivity contribution in [3.8, 4) is 22.8 Å². The van der Waals surface area contributed by atoms with E-state index in [1.807, 2.05) is 0 Å². The molecule has 2 N–H and O–H groups in total. The topological polar surface area (TPSA) is 94.0 Å². The predicted octanol–water partition coefficient (Wildman–Crippen LogP) is 5.47. The monoisotopic (exact) mass is 472 g/mol. The van der Waals surface area contributed by atoms with Crippen LogP contribution in [0.4, 0.5) is 33.7 Å². The number of halogens is 4. The maximum atomic E-state index is 14.5. The molecule has 0 atom stereocenters. The fourth-order valence-corrected chi connectivity index (χ4v) is 2.93. The zero-order valence-corrected chi connectivity index (χ0v) is 17.5. The fourth-order valence-electron chi connectivity index (χ4n) is 2.93. The van der Waals surface area contributed by atoms with Crippen molar-refractivity contribution in [3.05, 3.63) is 78.5 Å². The van der Waals surface area contributed by atoms with Gasteiger partial charge in [0.25, 0.3) is 0 Å². The van der Waals surface area contributed by atoms with Gasteiger partial charge in [0.15, 0.2) is 0 Å². The molecule has 0 spiro atoms. The molecule has 12 heteroatoms. The Kier molecular flexibility index (Phi) is 6.13. The summed E-state index contributed by atoms with van der Waals surface area (Å²) in [6.07, 6.45) is 0.486. The molecule has 0 saturated heterocycles. The second-order valence-electron chi connectivity index (χ2n) is 7.08. The van der Waals surface area contributed by atoms with Gasteiger partial charge < -0.3 is 15.4 Å². The molecule has 2 heterocycles. The standard InChI is InChI=1S/C22H16F4N6O2/c1-32-12-14(11-28-32)13-8-20(31-27-10-13)34-17-6-7-19(18(23)9-17)30-21(33)29-16-4-2-15(3-5-16)22(24,25)26/h2-12H,1H3,(H2,29,30,33). The van der Waals surface area contributed by atoms with E-state index < -0.39 is 23.6 Å². The first-order valence-corrected chi connectivity index (χ1v) is 9.72. The summed E-state index contributed by atoms with van der Waals surface area (Å²) < 4.78 is 59.5. The average Bonchev–Trinajstić information content (AvgIpc) is 3.22. The summed E-state index contributed by atoms with van der Waals surface area (Å²) in [5.74, 6) is -0.554. The van der Waals surface area contributed by atoms with Crippen molar-refractivity contribution >= 4 is 17.4 Å². The van der Waals surface area contributed by atoms with Gasteiger partial charge in [-0.3, -0.25) is 4.68 Å². The van der Waals surface area contributed by atoms with E-state index in [0.717, 1.165) is 35.9 Å². The van der Waals surface area contributed by atoms with Crippen molar-refractivity contribution in [3.63, 3.8) is 0 Å². The zero-order chi connectivity index (χ0) is 24.3. The maximum Gasteiger partial charge on any atom is 0.416 e. The number of nitrogens with zero attached hydrogens (tertiary/aromatic N) is 4. The first-order valence-electron chi connectivity index (χ1n) is 9.72. The third kappa shape index (κ3) is 5.46. The van der Waals surface area contributed by atoms with E-state index >= 15 is 0 Å². The van der Waals surface area contributed by atoms with Gasteiger partial charge in [0.05, 0.1) is 23.6 Å². The lowest BCUT2D eigenvalue weighted by Crippen LogP contribution is -2.20. The highest BCUT2D eigenvalue weighted by Crippen LogP contribution is 2.30. The smallest absolute Gasteiger partial charge is 0.416 e. The van der Waals surface area contributed by atoms with E-state index in [1.165, 1.54) is 18.3 Å². The molecule has 0 aliphatic rings. The van der Waals surface area contributed by atoms with Gasteiger partial charge in [-0.2, -0.15) is 23.4 Å². The van der Waals surface area contributed by atoms with Crippen molar-refractivity contribution in [1.29, 1.82) is 0 Å². The summed E-state index contributed by atoms with van der Waals surface area (Å²) in [4.78, 5) is 12.1. The maximum absolute atomic E-state index is 14.5. The van der Waals surface area contributed by atoms with Crippen molar-refractivity contribution in [2.45, 2.75) is 6.18 Å². The van der Waals surface area contributed by atoms with Crippen molar-refractivity contribution in [2.24, 2.45) is 7.05 Å². The molecule has 0 radical (unpaired) electrons. The molecular formula is C22H16F4N6O2. The Hall–Kier alpha value is -4.48. The van der Waals surface area contributed by atoms with Crippen molar-refractivity contribution < 1.29 is 27.1 Å². The lowest BCUT2D eigenvalue weighted by Gasteiger charge is -2.11. The van der Waals surface area contributed by atoms with Gasteiger partial charge >= 0.3 is 12.2 Å². The largest absolute Gasteiger partial charge is 0.437 e. The number of ether oxygens (including phenoxy) is 1. The zero-order valence-electron chi connectivity index (χ0n) is 17.5. The van der Waals surface area contributed by atoms with E-state index in [-0.39, 0.29) is 23.0 Å². The van der Waals surface area contributed by atoms with Crippen LogP contribution in [0.1, 0.15) is 5.56 Å². The Labute approximate surface area is 190 Å². The number of amides is 2. The van der Waals surface area contributed by atoms with Crippen LogP contribution in [-0.2, 0) is 13.2 Å². The molecule has 4 rings (SSSR count). The van der Waals surface area contributed by atoms with Gasteiger partial charge in [0, 0.05) is 42.2 Å². The van der Waals surface area contributed by atoms with Crippen molar-refractivity contribution in [2.75, 3.05) is 10.6 Å². The quantitative estimate of drug-likeness (QED) is 0.376. The van der Waals surface area contributed by atoms with Crippen LogP contribution < -0.4 is 15.4 Å². The molecule has 174 valence electrons. The number of aromatic nitrogens is 4. The molecule has 34 heavy (non-hydrogen) atoms. The normalized spacial score (nSPS) is 11.2. The minimum atomic E-state index is -4.49. The molecule has 4 aromatic rings. The van der Waals surface area contributed by atoms with Gasteiger partial charge in [-0.15, -0.1) is 5.10 Å². The fraction of sp³-hybridized carbons (Fsp3) is 0.0909.